The monoisotopic (exact) mass is 193 g/mol. The Labute approximate surface area is 83.5 Å². The van der Waals surface area contributed by atoms with Crippen LogP contribution in [0.15, 0.2) is 18.7 Å². The molecule has 3 atom stereocenters. The number of ether oxygens (including phenoxy) is 1. The van der Waals surface area contributed by atoms with E-state index in [2.05, 4.69) is 16.9 Å². The highest BCUT2D eigenvalue weighted by atomic mass is 16.5. The minimum absolute atomic E-state index is 0.00583. The molecule has 2 N–H and O–H groups in total. The Morgan fingerprint density at radius 2 is 2.21 bits per heavy atom. The number of nitrogens with two attached hydrogens (primary N) is 1. The van der Waals surface area contributed by atoms with Gasteiger partial charge in [-0.3, -0.25) is 0 Å². The molecule has 1 aliphatic heterocycles. The maximum atomic E-state index is 6.13. The number of aromatic nitrogens is 2. The summed E-state index contributed by atoms with van der Waals surface area (Å²) in [6.45, 7) is 2.88. The van der Waals surface area contributed by atoms with Crippen LogP contribution in [0.2, 0.25) is 0 Å². The molecule has 0 amide bonds. The van der Waals surface area contributed by atoms with E-state index in [1.165, 1.54) is 6.33 Å². The summed E-state index contributed by atoms with van der Waals surface area (Å²) in [6, 6.07) is -0.00583. The molecule has 2 rings (SSSR count). The zero-order valence-electron chi connectivity index (χ0n) is 8.26. The molecule has 14 heavy (non-hydrogen) atoms. The first-order valence-corrected chi connectivity index (χ1v) is 4.91. The fourth-order valence-electron chi connectivity index (χ4n) is 1.95. The van der Waals surface area contributed by atoms with Crippen LogP contribution in [-0.2, 0) is 4.74 Å². The molecule has 0 saturated carbocycles. The van der Waals surface area contributed by atoms with Gasteiger partial charge in [-0.15, -0.1) is 0 Å². The van der Waals surface area contributed by atoms with Crippen molar-refractivity contribution in [1.82, 2.24) is 9.97 Å². The third-order valence-electron chi connectivity index (χ3n) is 2.86. The third kappa shape index (κ3) is 1.76. The molecular weight excluding hydrogens is 178 g/mol. The summed E-state index contributed by atoms with van der Waals surface area (Å²) in [5.74, 6) is 0.390. The lowest BCUT2D eigenvalue weighted by atomic mass is 9.90. The molecule has 0 spiro atoms. The van der Waals surface area contributed by atoms with Crippen molar-refractivity contribution in [2.24, 2.45) is 11.7 Å². The summed E-state index contributed by atoms with van der Waals surface area (Å²) in [6.07, 6.45) is 6.35. The van der Waals surface area contributed by atoms with E-state index in [4.69, 9.17) is 10.5 Å². The van der Waals surface area contributed by atoms with Crippen LogP contribution in [0.4, 0.5) is 0 Å². The lowest BCUT2D eigenvalue weighted by molar-refractivity contribution is 0.0994. The Bertz CT molecular complexity index is 291. The lowest BCUT2D eigenvalue weighted by Crippen LogP contribution is -2.26. The summed E-state index contributed by atoms with van der Waals surface area (Å²) in [4.78, 5) is 7.94. The van der Waals surface area contributed by atoms with Gasteiger partial charge < -0.3 is 10.5 Å². The van der Waals surface area contributed by atoms with Crippen LogP contribution in [0.25, 0.3) is 0 Å². The first kappa shape index (κ1) is 9.55. The van der Waals surface area contributed by atoms with Crippen LogP contribution in [-0.4, -0.2) is 22.7 Å². The van der Waals surface area contributed by atoms with Crippen molar-refractivity contribution < 1.29 is 4.74 Å². The highest BCUT2D eigenvalue weighted by molar-refractivity contribution is 5.10. The fourth-order valence-corrected chi connectivity index (χ4v) is 1.95. The largest absolute Gasteiger partial charge is 0.378 e. The van der Waals surface area contributed by atoms with E-state index >= 15 is 0 Å². The number of hydrogen-bond acceptors (Lipinski definition) is 4. The minimum atomic E-state index is -0.00583. The minimum Gasteiger partial charge on any atom is -0.378 e. The zero-order valence-corrected chi connectivity index (χ0v) is 8.26. The quantitative estimate of drug-likeness (QED) is 0.758. The van der Waals surface area contributed by atoms with E-state index in [-0.39, 0.29) is 12.1 Å². The van der Waals surface area contributed by atoms with Crippen molar-refractivity contribution in [3.63, 3.8) is 0 Å². The normalized spacial score (nSPS) is 29.0. The van der Waals surface area contributed by atoms with Crippen molar-refractivity contribution in [2.45, 2.75) is 25.5 Å². The van der Waals surface area contributed by atoms with E-state index in [1.807, 2.05) is 0 Å². The second kappa shape index (κ2) is 4.02. The van der Waals surface area contributed by atoms with Gasteiger partial charge in [-0.2, -0.15) is 0 Å². The molecule has 2 heterocycles. The second-order valence-corrected chi connectivity index (χ2v) is 3.73. The van der Waals surface area contributed by atoms with Crippen LogP contribution in [0, 0.1) is 5.92 Å². The Hall–Kier alpha value is -1.00. The van der Waals surface area contributed by atoms with Crippen LogP contribution >= 0.6 is 0 Å². The van der Waals surface area contributed by atoms with Crippen molar-refractivity contribution in [2.75, 3.05) is 6.61 Å². The average molecular weight is 193 g/mol. The third-order valence-corrected chi connectivity index (χ3v) is 2.86. The van der Waals surface area contributed by atoms with Gasteiger partial charge in [-0.25, -0.2) is 9.97 Å². The van der Waals surface area contributed by atoms with Crippen molar-refractivity contribution in [1.29, 1.82) is 0 Å². The van der Waals surface area contributed by atoms with Gasteiger partial charge in [0.15, 0.2) is 0 Å². The van der Waals surface area contributed by atoms with Gasteiger partial charge in [-0.1, -0.05) is 0 Å². The summed E-state index contributed by atoms with van der Waals surface area (Å²) in [5.41, 5.74) is 7.13. The molecule has 76 valence electrons. The fraction of sp³-hybridized carbons (Fsp3) is 0.600. The highest BCUT2D eigenvalue weighted by Gasteiger charge is 2.30. The molecule has 1 aliphatic rings. The predicted octanol–water partition coefficient (Wildman–Crippen LogP) is 0.901. The number of rotatable bonds is 2. The standard InChI is InChI=1S/C10H15N3O/c1-7-9(2-3-14-7)10(11)8-4-12-6-13-5-8/h4-7,9-10H,2-3,11H2,1H3. The molecule has 4 nitrogen and oxygen atoms in total. The Morgan fingerprint density at radius 1 is 1.50 bits per heavy atom. The van der Waals surface area contributed by atoms with Crippen molar-refractivity contribution >= 4 is 0 Å². The van der Waals surface area contributed by atoms with Gasteiger partial charge in [0, 0.05) is 36.5 Å². The van der Waals surface area contributed by atoms with Crippen molar-refractivity contribution in [3.05, 3.63) is 24.3 Å². The molecule has 0 aliphatic carbocycles. The molecule has 0 aromatic carbocycles. The van der Waals surface area contributed by atoms with Crippen molar-refractivity contribution in [3.8, 4) is 0 Å². The SMILES string of the molecule is CC1OCCC1C(N)c1cncnc1. The number of nitrogens with zero attached hydrogens (tertiary/aromatic N) is 2. The molecular formula is C10H15N3O. The smallest absolute Gasteiger partial charge is 0.115 e. The molecule has 3 unspecified atom stereocenters. The molecule has 4 heteroatoms. The summed E-state index contributed by atoms with van der Waals surface area (Å²) < 4.78 is 5.49. The Morgan fingerprint density at radius 3 is 2.79 bits per heavy atom. The van der Waals surface area contributed by atoms with E-state index in [9.17, 15) is 0 Å². The van der Waals surface area contributed by atoms with Gasteiger partial charge >= 0.3 is 0 Å². The molecule has 1 aromatic rings. The summed E-state index contributed by atoms with van der Waals surface area (Å²) in [5, 5.41) is 0. The molecule has 0 radical (unpaired) electrons. The van der Waals surface area contributed by atoms with E-state index < -0.39 is 0 Å². The van der Waals surface area contributed by atoms with E-state index in [1.54, 1.807) is 12.4 Å². The van der Waals surface area contributed by atoms with Crippen LogP contribution in [0.1, 0.15) is 24.9 Å². The maximum Gasteiger partial charge on any atom is 0.115 e. The lowest BCUT2D eigenvalue weighted by Gasteiger charge is -2.21. The molecule has 0 bridgehead atoms. The summed E-state index contributed by atoms with van der Waals surface area (Å²) >= 11 is 0. The Balaban J connectivity index is 2.12. The first-order valence-electron chi connectivity index (χ1n) is 4.91. The second-order valence-electron chi connectivity index (χ2n) is 3.73. The van der Waals surface area contributed by atoms with Crippen LogP contribution in [0.5, 0.6) is 0 Å². The number of hydrogen-bond donors (Lipinski definition) is 1. The Kier molecular flexibility index (Phi) is 2.74. The molecule has 1 fully saturated rings. The predicted molar refractivity (Wildman–Crippen MR) is 52.5 cm³/mol. The molecule has 1 aromatic heterocycles. The van der Waals surface area contributed by atoms with Gasteiger partial charge in [0.2, 0.25) is 0 Å². The van der Waals surface area contributed by atoms with Gasteiger partial charge in [0.1, 0.15) is 6.33 Å². The maximum absolute atomic E-state index is 6.13. The zero-order chi connectivity index (χ0) is 9.97. The average Bonchev–Trinajstić information content (AvgIpc) is 2.65. The molecule has 1 saturated heterocycles. The van der Waals surface area contributed by atoms with Gasteiger partial charge in [0.05, 0.1) is 6.10 Å². The van der Waals surface area contributed by atoms with E-state index in [0.29, 0.717) is 5.92 Å². The highest BCUT2D eigenvalue weighted by Crippen LogP contribution is 2.30. The topological polar surface area (TPSA) is 61.0 Å². The van der Waals surface area contributed by atoms with Crippen LogP contribution in [0.3, 0.4) is 0 Å². The van der Waals surface area contributed by atoms with Gasteiger partial charge in [-0.05, 0) is 13.3 Å². The first-order chi connectivity index (χ1) is 6.79. The van der Waals surface area contributed by atoms with Gasteiger partial charge in [0.25, 0.3) is 0 Å². The van der Waals surface area contributed by atoms with Crippen LogP contribution < -0.4 is 5.73 Å². The van der Waals surface area contributed by atoms with E-state index in [0.717, 1.165) is 18.6 Å². The summed E-state index contributed by atoms with van der Waals surface area (Å²) in [7, 11) is 0.